The van der Waals surface area contributed by atoms with Gasteiger partial charge in [0, 0.05) is 0 Å². The number of nitrogens with two attached hydrogens (primary N) is 1. The molecule has 0 fully saturated rings. The zero-order valence-electron chi connectivity index (χ0n) is 6.49. The van der Waals surface area contributed by atoms with Crippen molar-refractivity contribution in [2.45, 2.75) is 0 Å². The van der Waals surface area contributed by atoms with E-state index in [4.69, 9.17) is 5.73 Å². The minimum Gasteiger partial charge on any atom is -0.342 e. The number of hydrogen-bond acceptors (Lipinski definition) is 4. The standard InChI is InChI=1S/C8H10N2O2/c9-6-8(11)12-10-7-4-2-1-3-5-7/h1-5,10H,6,9H2. The minimum absolute atomic E-state index is 0.125. The third kappa shape index (κ3) is 2.59. The van der Waals surface area contributed by atoms with Crippen LogP contribution in [0.3, 0.4) is 0 Å². The summed E-state index contributed by atoms with van der Waals surface area (Å²) in [5.74, 6) is -0.487. The van der Waals surface area contributed by atoms with E-state index in [9.17, 15) is 4.79 Å². The van der Waals surface area contributed by atoms with E-state index in [-0.39, 0.29) is 6.54 Å². The van der Waals surface area contributed by atoms with E-state index in [1.165, 1.54) is 0 Å². The van der Waals surface area contributed by atoms with Crippen LogP contribution in [0.1, 0.15) is 0 Å². The highest BCUT2D eigenvalue weighted by atomic mass is 16.7. The van der Waals surface area contributed by atoms with Crippen LogP contribution in [0, 0.1) is 0 Å². The van der Waals surface area contributed by atoms with Gasteiger partial charge in [-0.15, -0.1) is 0 Å². The zero-order valence-corrected chi connectivity index (χ0v) is 6.49. The van der Waals surface area contributed by atoms with E-state index in [2.05, 4.69) is 10.3 Å². The van der Waals surface area contributed by atoms with Gasteiger partial charge in [-0.25, -0.2) is 10.3 Å². The fourth-order valence-corrected chi connectivity index (χ4v) is 0.664. The van der Waals surface area contributed by atoms with Crippen molar-refractivity contribution >= 4 is 11.7 Å². The third-order valence-electron chi connectivity index (χ3n) is 1.22. The van der Waals surface area contributed by atoms with Crippen LogP contribution in [0.4, 0.5) is 5.69 Å². The first-order chi connectivity index (χ1) is 5.83. The SMILES string of the molecule is NCC(=O)ONc1ccccc1. The molecule has 1 rings (SSSR count). The van der Waals surface area contributed by atoms with Crippen LogP contribution in [0.5, 0.6) is 0 Å². The number of anilines is 1. The van der Waals surface area contributed by atoms with Gasteiger partial charge in [0.05, 0.1) is 12.2 Å². The molecule has 0 aliphatic heterocycles. The highest BCUT2D eigenvalue weighted by Gasteiger charge is 1.97. The van der Waals surface area contributed by atoms with Crippen molar-refractivity contribution in [1.29, 1.82) is 0 Å². The molecular weight excluding hydrogens is 156 g/mol. The smallest absolute Gasteiger partial charge is 0.342 e. The Morgan fingerprint density at radius 3 is 2.67 bits per heavy atom. The van der Waals surface area contributed by atoms with E-state index in [0.29, 0.717) is 0 Å². The van der Waals surface area contributed by atoms with Crippen molar-refractivity contribution in [3.05, 3.63) is 30.3 Å². The topological polar surface area (TPSA) is 64.4 Å². The van der Waals surface area contributed by atoms with Gasteiger partial charge in [0.1, 0.15) is 0 Å². The number of carbonyl (C=O) groups excluding carboxylic acids is 1. The van der Waals surface area contributed by atoms with Gasteiger partial charge in [0.2, 0.25) is 0 Å². The van der Waals surface area contributed by atoms with Gasteiger partial charge in [-0.3, -0.25) is 0 Å². The molecule has 1 aromatic carbocycles. The van der Waals surface area contributed by atoms with Crippen LogP contribution < -0.4 is 11.2 Å². The Balaban J connectivity index is 2.38. The van der Waals surface area contributed by atoms with Crippen LogP contribution >= 0.6 is 0 Å². The first-order valence-electron chi connectivity index (χ1n) is 3.53. The highest BCUT2D eigenvalue weighted by molar-refractivity contribution is 5.72. The Morgan fingerprint density at radius 2 is 2.08 bits per heavy atom. The Labute approximate surface area is 70.3 Å². The molecular formula is C8H10N2O2. The number of benzene rings is 1. The van der Waals surface area contributed by atoms with E-state index < -0.39 is 5.97 Å². The van der Waals surface area contributed by atoms with Crippen LogP contribution in [-0.4, -0.2) is 12.5 Å². The van der Waals surface area contributed by atoms with Gasteiger partial charge in [0.15, 0.2) is 0 Å². The van der Waals surface area contributed by atoms with Gasteiger partial charge in [-0.2, -0.15) is 0 Å². The molecule has 1 aromatic rings. The molecule has 0 saturated carbocycles. The van der Waals surface area contributed by atoms with E-state index in [1.807, 2.05) is 18.2 Å². The van der Waals surface area contributed by atoms with Crippen LogP contribution in [-0.2, 0) is 9.63 Å². The molecule has 0 atom stereocenters. The Kier molecular flexibility index (Phi) is 3.10. The molecule has 64 valence electrons. The summed E-state index contributed by atoms with van der Waals surface area (Å²) >= 11 is 0. The largest absolute Gasteiger partial charge is 0.345 e. The van der Waals surface area contributed by atoms with E-state index >= 15 is 0 Å². The Morgan fingerprint density at radius 1 is 1.42 bits per heavy atom. The maximum Gasteiger partial charge on any atom is 0.345 e. The number of hydrogen-bond donors (Lipinski definition) is 2. The predicted octanol–water partition coefficient (Wildman–Crippen LogP) is 0.515. The van der Waals surface area contributed by atoms with Crippen LogP contribution in [0.2, 0.25) is 0 Å². The van der Waals surface area contributed by atoms with E-state index in [1.54, 1.807) is 12.1 Å². The quantitative estimate of drug-likeness (QED) is 0.642. The average Bonchev–Trinajstić information content (AvgIpc) is 2.16. The van der Waals surface area contributed by atoms with Gasteiger partial charge >= 0.3 is 5.97 Å². The molecule has 0 heterocycles. The molecule has 4 nitrogen and oxygen atoms in total. The second-order valence-electron chi connectivity index (χ2n) is 2.15. The van der Waals surface area contributed by atoms with Crippen molar-refractivity contribution in [2.75, 3.05) is 12.0 Å². The van der Waals surface area contributed by atoms with Crippen molar-refractivity contribution in [1.82, 2.24) is 0 Å². The van der Waals surface area contributed by atoms with Crippen LogP contribution in [0.15, 0.2) is 30.3 Å². The minimum atomic E-state index is -0.487. The summed E-state index contributed by atoms with van der Waals surface area (Å²) in [6.07, 6.45) is 0. The van der Waals surface area contributed by atoms with Crippen molar-refractivity contribution < 1.29 is 9.63 Å². The Hall–Kier alpha value is -1.55. The maximum atomic E-state index is 10.6. The molecule has 12 heavy (non-hydrogen) atoms. The summed E-state index contributed by atoms with van der Waals surface area (Å²) in [4.78, 5) is 15.1. The first-order valence-corrected chi connectivity index (χ1v) is 3.53. The molecule has 0 unspecified atom stereocenters. The number of nitrogens with one attached hydrogen (secondary N) is 1. The molecule has 3 N–H and O–H groups in total. The van der Waals surface area contributed by atoms with Gasteiger partial charge in [0.25, 0.3) is 0 Å². The highest BCUT2D eigenvalue weighted by Crippen LogP contribution is 2.03. The van der Waals surface area contributed by atoms with Crippen molar-refractivity contribution in [2.24, 2.45) is 5.73 Å². The maximum absolute atomic E-state index is 10.6. The summed E-state index contributed by atoms with van der Waals surface area (Å²) < 4.78 is 0. The van der Waals surface area contributed by atoms with Crippen LogP contribution in [0.25, 0.3) is 0 Å². The normalized spacial score (nSPS) is 9.08. The fourth-order valence-electron chi connectivity index (χ4n) is 0.664. The lowest BCUT2D eigenvalue weighted by Crippen LogP contribution is -2.19. The molecule has 0 radical (unpaired) electrons. The monoisotopic (exact) mass is 166 g/mol. The second-order valence-corrected chi connectivity index (χ2v) is 2.15. The van der Waals surface area contributed by atoms with Gasteiger partial charge < -0.3 is 10.6 Å². The number of carbonyl (C=O) groups is 1. The average molecular weight is 166 g/mol. The number of rotatable bonds is 3. The summed E-state index contributed by atoms with van der Waals surface area (Å²) in [6.45, 7) is -0.125. The molecule has 0 aromatic heterocycles. The fraction of sp³-hybridized carbons (Fsp3) is 0.125. The molecule has 0 aliphatic carbocycles. The number of para-hydroxylation sites is 1. The lowest BCUT2D eigenvalue weighted by molar-refractivity contribution is -0.138. The van der Waals surface area contributed by atoms with Crippen molar-refractivity contribution in [3.63, 3.8) is 0 Å². The van der Waals surface area contributed by atoms with Crippen molar-refractivity contribution in [3.8, 4) is 0 Å². The lowest BCUT2D eigenvalue weighted by Gasteiger charge is -2.04. The predicted molar refractivity (Wildman–Crippen MR) is 45.2 cm³/mol. The van der Waals surface area contributed by atoms with E-state index in [0.717, 1.165) is 5.69 Å². The molecule has 0 spiro atoms. The summed E-state index contributed by atoms with van der Waals surface area (Å²) in [6, 6.07) is 9.10. The van der Waals surface area contributed by atoms with Gasteiger partial charge in [-0.05, 0) is 12.1 Å². The second kappa shape index (κ2) is 4.35. The molecule has 0 saturated heterocycles. The lowest BCUT2D eigenvalue weighted by atomic mass is 10.3. The summed E-state index contributed by atoms with van der Waals surface area (Å²) in [7, 11) is 0. The molecule has 4 heteroatoms. The summed E-state index contributed by atoms with van der Waals surface area (Å²) in [5, 5.41) is 0. The zero-order chi connectivity index (χ0) is 8.81. The third-order valence-corrected chi connectivity index (χ3v) is 1.22. The molecule has 0 bridgehead atoms. The first kappa shape index (κ1) is 8.55. The summed E-state index contributed by atoms with van der Waals surface area (Å²) in [5.41, 5.74) is 8.21. The molecule has 0 aliphatic rings. The van der Waals surface area contributed by atoms with Gasteiger partial charge in [-0.1, -0.05) is 18.2 Å². The Bertz CT molecular complexity index is 248. The molecule has 0 amide bonds.